The van der Waals surface area contributed by atoms with Crippen LogP contribution < -0.4 is 15.5 Å². The number of nitrogens with one attached hydrogen (secondary N) is 2. The lowest BCUT2D eigenvalue weighted by atomic mass is 10.2. The highest BCUT2D eigenvalue weighted by Crippen LogP contribution is 2.20. The normalized spacial score (nSPS) is 10.6. The van der Waals surface area contributed by atoms with E-state index >= 15 is 0 Å². The molecular formula is C20H22ClN3O3. The number of nitrogens with zero attached hydrogens (tertiary/aromatic N) is 1. The van der Waals surface area contributed by atoms with Crippen molar-refractivity contribution in [3.63, 3.8) is 0 Å². The van der Waals surface area contributed by atoms with Crippen molar-refractivity contribution in [2.75, 3.05) is 11.9 Å². The van der Waals surface area contributed by atoms with Gasteiger partial charge in [0, 0.05) is 29.1 Å². The highest BCUT2D eigenvalue weighted by molar-refractivity contribution is 6.31. The van der Waals surface area contributed by atoms with Gasteiger partial charge < -0.3 is 10.1 Å². The number of hydrogen-bond donors (Lipinski definition) is 2. The molecule has 2 rings (SSSR count). The maximum Gasteiger partial charge on any atom is 0.240 e. The van der Waals surface area contributed by atoms with Gasteiger partial charge in [-0.25, -0.2) is 5.43 Å². The molecule has 0 bridgehead atoms. The molecule has 2 aromatic carbocycles. The van der Waals surface area contributed by atoms with Crippen molar-refractivity contribution in [3.8, 4) is 5.75 Å². The van der Waals surface area contributed by atoms with E-state index in [-0.39, 0.29) is 24.7 Å². The molecule has 2 amide bonds. The Morgan fingerprint density at radius 3 is 2.63 bits per heavy atom. The third-order valence-electron chi connectivity index (χ3n) is 3.65. The first-order valence-electron chi connectivity index (χ1n) is 8.59. The van der Waals surface area contributed by atoms with Gasteiger partial charge in [0.1, 0.15) is 5.75 Å². The zero-order valence-corrected chi connectivity index (χ0v) is 16.0. The van der Waals surface area contributed by atoms with Crippen molar-refractivity contribution < 1.29 is 14.3 Å². The number of rotatable bonds is 8. The Bertz CT molecular complexity index is 837. The monoisotopic (exact) mass is 387 g/mol. The molecular weight excluding hydrogens is 366 g/mol. The number of aryl methyl sites for hydroxylation is 1. The van der Waals surface area contributed by atoms with Crippen LogP contribution in [0, 0.1) is 6.92 Å². The van der Waals surface area contributed by atoms with Crippen molar-refractivity contribution in [1.29, 1.82) is 0 Å². The van der Waals surface area contributed by atoms with Crippen LogP contribution in [0.1, 0.15) is 30.9 Å². The van der Waals surface area contributed by atoms with Crippen molar-refractivity contribution in [2.45, 2.75) is 26.7 Å². The summed E-state index contributed by atoms with van der Waals surface area (Å²) in [7, 11) is 0. The first kappa shape index (κ1) is 20.5. The topological polar surface area (TPSA) is 79.8 Å². The van der Waals surface area contributed by atoms with E-state index in [0.29, 0.717) is 23.1 Å². The van der Waals surface area contributed by atoms with E-state index in [0.717, 1.165) is 11.1 Å². The molecule has 0 fully saturated rings. The molecule has 2 N–H and O–H groups in total. The number of benzene rings is 2. The Hall–Kier alpha value is -2.86. The van der Waals surface area contributed by atoms with Crippen molar-refractivity contribution >= 4 is 35.3 Å². The molecule has 0 aromatic heterocycles. The number of amides is 2. The van der Waals surface area contributed by atoms with Gasteiger partial charge in [-0.2, -0.15) is 5.10 Å². The highest BCUT2D eigenvalue weighted by Gasteiger charge is 2.08. The van der Waals surface area contributed by atoms with Gasteiger partial charge in [-0.3, -0.25) is 9.59 Å². The minimum atomic E-state index is -0.350. The van der Waals surface area contributed by atoms with E-state index in [4.69, 9.17) is 16.3 Å². The van der Waals surface area contributed by atoms with Crippen LogP contribution in [0.4, 0.5) is 5.69 Å². The lowest BCUT2D eigenvalue weighted by molar-refractivity contribution is -0.124. The van der Waals surface area contributed by atoms with Crippen molar-refractivity contribution in [1.82, 2.24) is 5.43 Å². The summed E-state index contributed by atoms with van der Waals surface area (Å²) in [6.45, 7) is 4.31. The molecule has 0 spiro atoms. The zero-order chi connectivity index (χ0) is 19.6. The number of ether oxygens (including phenoxy) is 1. The van der Waals surface area contributed by atoms with Crippen molar-refractivity contribution in [2.24, 2.45) is 5.10 Å². The predicted octanol–water partition coefficient (Wildman–Crippen LogP) is 3.92. The maximum absolute atomic E-state index is 11.9. The van der Waals surface area contributed by atoms with Gasteiger partial charge in [0.2, 0.25) is 11.8 Å². The Kier molecular flexibility index (Phi) is 7.82. The van der Waals surface area contributed by atoms with E-state index in [1.165, 1.54) is 6.21 Å². The number of hydrazone groups is 1. The summed E-state index contributed by atoms with van der Waals surface area (Å²) in [6, 6.07) is 12.6. The fraction of sp³-hybridized carbons (Fsp3) is 0.250. The fourth-order valence-corrected chi connectivity index (χ4v) is 2.41. The molecule has 2 aromatic rings. The molecule has 0 heterocycles. The standard InChI is InChI=1S/C20H22ClN3O3/c1-3-27-18-7-5-4-6-15(18)13-22-24-20(26)11-10-19(25)23-16-9-8-14(2)17(21)12-16/h4-9,12-13H,3,10-11H2,1-2H3,(H,23,25)(H,24,26). The van der Waals surface area contributed by atoms with E-state index in [9.17, 15) is 9.59 Å². The van der Waals surface area contributed by atoms with Gasteiger partial charge in [0.05, 0.1) is 12.8 Å². The molecule has 142 valence electrons. The summed E-state index contributed by atoms with van der Waals surface area (Å²) in [5, 5.41) is 7.20. The molecule has 7 heteroatoms. The van der Waals surface area contributed by atoms with Gasteiger partial charge in [0.15, 0.2) is 0 Å². The average Bonchev–Trinajstić information content (AvgIpc) is 2.65. The Morgan fingerprint density at radius 2 is 1.89 bits per heavy atom. The number of halogens is 1. The summed E-state index contributed by atoms with van der Waals surface area (Å²) < 4.78 is 5.48. The van der Waals surface area contributed by atoms with E-state index in [1.807, 2.05) is 44.2 Å². The lowest BCUT2D eigenvalue weighted by Crippen LogP contribution is -2.20. The quantitative estimate of drug-likeness (QED) is 0.532. The molecule has 0 saturated heterocycles. The first-order valence-corrected chi connectivity index (χ1v) is 8.97. The highest BCUT2D eigenvalue weighted by atomic mass is 35.5. The molecule has 6 nitrogen and oxygen atoms in total. The van der Waals surface area contributed by atoms with Crippen LogP contribution in [0.2, 0.25) is 5.02 Å². The second-order valence-electron chi connectivity index (χ2n) is 5.78. The second kappa shape index (κ2) is 10.3. The van der Waals surface area contributed by atoms with Crippen LogP contribution in [0.15, 0.2) is 47.6 Å². The fourth-order valence-electron chi connectivity index (χ4n) is 2.23. The van der Waals surface area contributed by atoms with Crippen LogP contribution in [-0.4, -0.2) is 24.6 Å². The molecule has 0 atom stereocenters. The van der Waals surface area contributed by atoms with Crippen LogP contribution in [0.3, 0.4) is 0 Å². The molecule has 27 heavy (non-hydrogen) atoms. The summed E-state index contributed by atoms with van der Waals surface area (Å²) in [5.74, 6) is 0.0714. The first-order chi connectivity index (χ1) is 13.0. The number of anilines is 1. The predicted molar refractivity (Wildman–Crippen MR) is 107 cm³/mol. The summed E-state index contributed by atoms with van der Waals surface area (Å²) in [5.41, 5.74) is 4.70. The smallest absolute Gasteiger partial charge is 0.240 e. The van der Waals surface area contributed by atoms with Gasteiger partial charge in [-0.15, -0.1) is 0 Å². The Morgan fingerprint density at radius 1 is 1.15 bits per heavy atom. The summed E-state index contributed by atoms with van der Waals surface area (Å²) in [6.07, 6.45) is 1.58. The van der Waals surface area contributed by atoms with Crippen LogP contribution >= 0.6 is 11.6 Å². The number of carbonyl (C=O) groups excluding carboxylic acids is 2. The van der Waals surface area contributed by atoms with Crippen LogP contribution in [0.25, 0.3) is 0 Å². The zero-order valence-electron chi connectivity index (χ0n) is 15.3. The molecule has 0 aliphatic heterocycles. The van der Waals surface area contributed by atoms with Gasteiger partial charge in [0.25, 0.3) is 0 Å². The minimum Gasteiger partial charge on any atom is -0.493 e. The van der Waals surface area contributed by atoms with E-state index < -0.39 is 0 Å². The van der Waals surface area contributed by atoms with Crippen molar-refractivity contribution in [3.05, 3.63) is 58.6 Å². The number of para-hydroxylation sites is 1. The Balaban J connectivity index is 1.79. The summed E-state index contributed by atoms with van der Waals surface area (Å²) in [4.78, 5) is 23.8. The minimum absolute atomic E-state index is 0.0237. The lowest BCUT2D eigenvalue weighted by Gasteiger charge is -2.07. The molecule has 0 unspecified atom stereocenters. The Labute approximate surface area is 163 Å². The third-order valence-corrected chi connectivity index (χ3v) is 4.05. The summed E-state index contributed by atoms with van der Waals surface area (Å²) >= 11 is 6.02. The second-order valence-corrected chi connectivity index (χ2v) is 6.18. The van der Waals surface area contributed by atoms with Gasteiger partial charge >= 0.3 is 0 Å². The molecule has 0 radical (unpaired) electrons. The molecule has 0 aliphatic rings. The van der Waals surface area contributed by atoms with E-state index in [1.54, 1.807) is 12.1 Å². The van der Waals surface area contributed by atoms with Gasteiger partial charge in [-0.05, 0) is 43.7 Å². The molecule has 0 aliphatic carbocycles. The molecule has 0 saturated carbocycles. The van der Waals surface area contributed by atoms with Crippen LogP contribution in [0.5, 0.6) is 5.75 Å². The SMILES string of the molecule is CCOc1ccccc1C=NNC(=O)CCC(=O)Nc1ccc(C)c(Cl)c1. The maximum atomic E-state index is 11.9. The van der Waals surface area contributed by atoms with Crippen LogP contribution in [-0.2, 0) is 9.59 Å². The van der Waals surface area contributed by atoms with E-state index in [2.05, 4.69) is 15.8 Å². The third kappa shape index (κ3) is 6.75. The van der Waals surface area contributed by atoms with Gasteiger partial charge in [-0.1, -0.05) is 29.8 Å². The number of hydrogen-bond acceptors (Lipinski definition) is 4. The largest absolute Gasteiger partial charge is 0.493 e. The average molecular weight is 388 g/mol. The number of carbonyl (C=O) groups is 2.